The lowest BCUT2D eigenvalue weighted by Gasteiger charge is -2.17. The van der Waals surface area contributed by atoms with Gasteiger partial charge in [-0.3, -0.25) is 4.98 Å². The van der Waals surface area contributed by atoms with Gasteiger partial charge >= 0.3 is 0 Å². The van der Waals surface area contributed by atoms with Crippen LogP contribution in [0.25, 0.3) is 0 Å². The molecule has 0 saturated carbocycles. The van der Waals surface area contributed by atoms with Crippen molar-refractivity contribution in [3.05, 3.63) is 58.9 Å². The van der Waals surface area contributed by atoms with Crippen LogP contribution in [0.4, 0.5) is 5.69 Å². The van der Waals surface area contributed by atoms with E-state index in [1.807, 2.05) is 19.9 Å². The Hall–Kier alpha value is -1.83. The van der Waals surface area contributed by atoms with Gasteiger partial charge in [0.05, 0.1) is 11.4 Å². The van der Waals surface area contributed by atoms with Crippen LogP contribution in [-0.4, -0.2) is 4.98 Å². The molecule has 0 radical (unpaired) electrons. The summed E-state index contributed by atoms with van der Waals surface area (Å²) < 4.78 is 0. The molecule has 2 heteroatoms. The molecule has 0 amide bonds. The van der Waals surface area contributed by atoms with Crippen molar-refractivity contribution in [1.29, 1.82) is 0 Å². The molecule has 1 unspecified atom stereocenters. The van der Waals surface area contributed by atoms with Crippen molar-refractivity contribution in [2.45, 2.75) is 33.7 Å². The summed E-state index contributed by atoms with van der Waals surface area (Å²) >= 11 is 0. The third-order valence-electron chi connectivity index (χ3n) is 3.14. The zero-order valence-corrected chi connectivity index (χ0v) is 11.5. The van der Waals surface area contributed by atoms with Crippen LogP contribution in [0.15, 0.2) is 36.4 Å². The van der Waals surface area contributed by atoms with E-state index in [4.69, 9.17) is 0 Å². The molecule has 0 bridgehead atoms. The molecule has 2 nitrogen and oxygen atoms in total. The first-order valence-electron chi connectivity index (χ1n) is 6.33. The van der Waals surface area contributed by atoms with Gasteiger partial charge in [0, 0.05) is 11.7 Å². The lowest BCUT2D eigenvalue weighted by Crippen LogP contribution is -2.08. The van der Waals surface area contributed by atoms with Crippen LogP contribution in [0.3, 0.4) is 0 Å². The fourth-order valence-electron chi connectivity index (χ4n) is 2.10. The SMILES string of the molecule is Cc1cccc(C(C)Nc2ccc(C)nc2C)c1. The highest BCUT2D eigenvalue weighted by Crippen LogP contribution is 2.21. The van der Waals surface area contributed by atoms with E-state index in [-0.39, 0.29) is 6.04 Å². The molecule has 0 fully saturated rings. The number of nitrogens with zero attached hydrogens (tertiary/aromatic N) is 1. The molecule has 1 N–H and O–H groups in total. The molecule has 1 heterocycles. The molecule has 1 aromatic heterocycles. The smallest absolute Gasteiger partial charge is 0.0607 e. The number of nitrogens with one attached hydrogen (secondary N) is 1. The predicted octanol–water partition coefficient (Wildman–Crippen LogP) is 4.18. The molecule has 0 spiro atoms. The molecular weight excluding hydrogens is 220 g/mol. The number of aryl methyl sites for hydroxylation is 3. The van der Waals surface area contributed by atoms with Crippen molar-refractivity contribution in [3.63, 3.8) is 0 Å². The summed E-state index contributed by atoms with van der Waals surface area (Å²) in [6.45, 7) is 8.35. The molecular formula is C16H20N2. The molecule has 0 aliphatic carbocycles. The average Bonchev–Trinajstić information content (AvgIpc) is 2.32. The van der Waals surface area contributed by atoms with E-state index in [0.717, 1.165) is 17.1 Å². The van der Waals surface area contributed by atoms with Gasteiger partial charge in [-0.2, -0.15) is 0 Å². The Morgan fingerprint density at radius 1 is 1.06 bits per heavy atom. The van der Waals surface area contributed by atoms with Crippen LogP contribution >= 0.6 is 0 Å². The molecule has 94 valence electrons. The number of pyridine rings is 1. The minimum atomic E-state index is 0.285. The average molecular weight is 240 g/mol. The van der Waals surface area contributed by atoms with Crippen molar-refractivity contribution in [2.75, 3.05) is 5.32 Å². The van der Waals surface area contributed by atoms with Gasteiger partial charge in [0.2, 0.25) is 0 Å². The van der Waals surface area contributed by atoms with Crippen molar-refractivity contribution < 1.29 is 0 Å². The maximum atomic E-state index is 4.48. The summed E-state index contributed by atoms with van der Waals surface area (Å²) in [6.07, 6.45) is 0. The molecule has 0 aliphatic rings. The van der Waals surface area contributed by atoms with Gasteiger partial charge in [-0.1, -0.05) is 29.8 Å². The molecule has 0 saturated heterocycles. The molecule has 2 rings (SSSR count). The van der Waals surface area contributed by atoms with Crippen LogP contribution in [0.5, 0.6) is 0 Å². The Bertz CT molecular complexity index is 547. The zero-order valence-electron chi connectivity index (χ0n) is 11.5. The summed E-state index contributed by atoms with van der Waals surface area (Å²) in [7, 11) is 0. The minimum absolute atomic E-state index is 0.285. The monoisotopic (exact) mass is 240 g/mol. The number of rotatable bonds is 3. The van der Waals surface area contributed by atoms with E-state index in [1.54, 1.807) is 0 Å². The van der Waals surface area contributed by atoms with E-state index in [9.17, 15) is 0 Å². The molecule has 1 atom stereocenters. The van der Waals surface area contributed by atoms with Crippen LogP contribution in [-0.2, 0) is 0 Å². The Labute approximate surface area is 109 Å². The zero-order chi connectivity index (χ0) is 13.1. The van der Waals surface area contributed by atoms with Crippen LogP contribution in [0.1, 0.15) is 35.5 Å². The molecule has 1 aromatic carbocycles. The largest absolute Gasteiger partial charge is 0.377 e. The molecule has 2 aromatic rings. The van der Waals surface area contributed by atoms with E-state index < -0.39 is 0 Å². The highest BCUT2D eigenvalue weighted by atomic mass is 14.9. The fourth-order valence-corrected chi connectivity index (χ4v) is 2.10. The quantitative estimate of drug-likeness (QED) is 0.870. The van der Waals surface area contributed by atoms with Gasteiger partial charge in [0.25, 0.3) is 0 Å². The normalized spacial score (nSPS) is 12.2. The second-order valence-electron chi connectivity index (χ2n) is 4.87. The number of benzene rings is 1. The van der Waals surface area contributed by atoms with Gasteiger partial charge < -0.3 is 5.32 Å². The van der Waals surface area contributed by atoms with Crippen LogP contribution < -0.4 is 5.32 Å². The highest BCUT2D eigenvalue weighted by molar-refractivity contribution is 5.49. The van der Waals surface area contributed by atoms with E-state index in [0.29, 0.717) is 0 Å². The van der Waals surface area contributed by atoms with Gasteiger partial charge in [-0.25, -0.2) is 0 Å². The Morgan fingerprint density at radius 3 is 2.50 bits per heavy atom. The van der Waals surface area contributed by atoms with Crippen LogP contribution in [0.2, 0.25) is 0 Å². The Balaban J connectivity index is 2.18. The minimum Gasteiger partial charge on any atom is -0.377 e. The molecule has 18 heavy (non-hydrogen) atoms. The van der Waals surface area contributed by atoms with Crippen molar-refractivity contribution >= 4 is 5.69 Å². The third kappa shape index (κ3) is 2.89. The summed E-state index contributed by atoms with van der Waals surface area (Å²) in [5, 5.41) is 3.52. The van der Waals surface area contributed by atoms with Gasteiger partial charge in [-0.05, 0) is 45.4 Å². The fraction of sp³-hybridized carbons (Fsp3) is 0.312. The lowest BCUT2D eigenvalue weighted by atomic mass is 10.1. The van der Waals surface area contributed by atoms with E-state index in [1.165, 1.54) is 11.1 Å². The summed E-state index contributed by atoms with van der Waals surface area (Å²) in [6, 6.07) is 13.0. The molecule has 0 aliphatic heterocycles. The second-order valence-corrected chi connectivity index (χ2v) is 4.87. The van der Waals surface area contributed by atoms with Gasteiger partial charge in [0.15, 0.2) is 0 Å². The first-order chi connectivity index (χ1) is 8.56. The highest BCUT2D eigenvalue weighted by Gasteiger charge is 2.07. The Kier molecular flexibility index (Phi) is 3.66. The second kappa shape index (κ2) is 5.21. The number of anilines is 1. The van der Waals surface area contributed by atoms with E-state index >= 15 is 0 Å². The van der Waals surface area contributed by atoms with Crippen LogP contribution in [0, 0.1) is 20.8 Å². The maximum Gasteiger partial charge on any atom is 0.0607 e. The Morgan fingerprint density at radius 2 is 1.83 bits per heavy atom. The number of hydrogen-bond acceptors (Lipinski definition) is 2. The van der Waals surface area contributed by atoms with Gasteiger partial charge in [0.1, 0.15) is 0 Å². The topological polar surface area (TPSA) is 24.9 Å². The first kappa shape index (κ1) is 12.6. The van der Waals surface area contributed by atoms with Crippen molar-refractivity contribution in [3.8, 4) is 0 Å². The maximum absolute atomic E-state index is 4.48. The summed E-state index contributed by atoms with van der Waals surface area (Å²) in [5.74, 6) is 0. The lowest BCUT2D eigenvalue weighted by molar-refractivity contribution is 0.876. The van der Waals surface area contributed by atoms with Crippen molar-refractivity contribution in [2.24, 2.45) is 0 Å². The van der Waals surface area contributed by atoms with Crippen molar-refractivity contribution in [1.82, 2.24) is 4.98 Å². The van der Waals surface area contributed by atoms with Gasteiger partial charge in [-0.15, -0.1) is 0 Å². The predicted molar refractivity (Wildman–Crippen MR) is 76.9 cm³/mol. The first-order valence-corrected chi connectivity index (χ1v) is 6.33. The van der Waals surface area contributed by atoms with E-state index in [2.05, 4.69) is 54.5 Å². The summed E-state index contributed by atoms with van der Waals surface area (Å²) in [5.41, 5.74) is 5.81. The third-order valence-corrected chi connectivity index (χ3v) is 3.14. The summed E-state index contributed by atoms with van der Waals surface area (Å²) in [4.78, 5) is 4.48. The number of hydrogen-bond donors (Lipinski definition) is 1. The number of aromatic nitrogens is 1. The standard InChI is InChI=1S/C16H20N2/c1-11-6-5-7-15(10-11)13(3)18-16-9-8-12(2)17-14(16)4/h5-10,13,18H,1-4H3.